The minimum atomic E-state index is -0.667. The van der Waals surface area contributed by atoms with Crippen molar-refractivity contribution in [2.24, 2.45) is 5.73 Å². The first-order valence-electron chi connectivity index (χ1n) is 9.25. The molecule has 13 nitrogen and oxygen atoms in total. The Morgan fingerprint density at radius 3 is 2.91 bits per heavy atom. The number of nitrogens with two attached hydrogens (primary N) is 1. The fourth-order valence-electron chi connectivity index (χ4n) is 2.97. The standard InChI is InChI=1S/C18H15N7O6S2/c19-14(26)6-24-17(13-2-1-3-32-13)22-23-18(24)33-8-16(28)20-9-4-10-12(5-11(9)25(29)30)31-7-15(27)21-10/h1-5H,6-8H2,(H2,19,26)(H,20,28)(H,21,27). The van der Waals surface area contributed by atoms with E-state index in [2.05, 4.69) is 20.8 Å². The fourth-order valence-corrected chi connectivity index (χ4v) is 4.42. The molecule has 1 aromatic carbocycles. The third kappa shape index (κ3) is 4.93. The predicted molar refractivity (Wildman–Crippen MR) is 119 cm³/mol. The molecular weight excluding hydrogens is 474 g/mol. The normalized spacial score (nSPS) is 12.4. The summed E-state index contributed by atoms with van der Waals surface area (Å²) < 4.78 is 6.68. The summed E-state index contributed by atoms with van der Waals surface area (Å²) in [6, 6.07) is 6.03. The number of nitrogens with zero attached hydrogens (tertiary/aromatic N) is 4. The van der Waals surface area contributed by atoms with E-state index in [1.165, 1.54) is 22.0 Å². The molecule has 2 aromatic heterocycles. The van der Waals surface area contributed by atoms with Crippen molar-refractivity contribution in [3.63, 3.8) is 0 Å². The molecule has 33 heavy (non-hydrogen) atoms. The van der Waals surface area contributed by atoms with Crippen LogP contribution in [0.5, 0.6) is 5.75 Å². The zero-order chi connectivity index (χ0) is 23.5. The Morgan fingerprint density at radius 2 is 2.21 bits per heavy atom. The molecule has 0 bridgehead atoms. The van der Waals surface area contributed by atoms with Gasteiger partial charge in [-0.3, -0.25) is 29.1 Å². The number of anilines is 2. The van der Waals surface area contributed by atoms with Crippen molar-refractivity contribution < 1.29 is 24.0 Å². The van der Waals surface area contributed by atoms with Crippen LogP contribution in [0.15, 0.2) is 34.8 Å². The quantitative estimate of drug-likeness (QED) is 0.239. The second kappa shape index (κ2) is 9.25. The Balaban J connectivity index is 1.51. The van der Waals surface area contributed by atoms with Crippen LogP contribution in [-0.4, -0.2) is 49.8 Å². The third-order valence-electron chi connectivity index (χ3n) is 4.31. The van der Waals surface area contributed by atoms with E-state index in [4.69, 9.17) is 10.5 Å². The SMILES string of the molecule is NC(=O)Cn1c(SCC(=O)Nc2cc3c(cc2[N+](=O)[O-])OCC(=O)N3)nnc1-c1cccs1. The zero-order valence-corrected chi connectivity index (χ0v) is 18.3. The highest BCUT2D eigenvalue weighted by Crippen LogP contribution is 2.38. The number of benzene rings is 1. The summed E-state index contributed by atoms with van der Waals surface area (Å²) in [6.07, 6.45) is 0. The average molecular weight is 489 g/mol. The number of nitro groups is 1. The van der Waals surface area contributed by atoms with Gasteiger partial charge in [-0.25, -0.2) is 0 Å². The lowest BCUT2D eigenvalue weighted by Gasteiger charge is -2.18. The van der Waals surface area contributed by atoms with E-state index in [1.807, 2.05) is 17.5 Å². The fraction of sp³-hybridized carbons (Fsp3) is 0.167. The van der Waals surface area contributed by atoms with E-state index >= 15 is 0 Å². The molecule has 0 aliphatic carbocycles. The van der Waals surface area contributed by atoms with Crippen molar-refractivity contribution in [1.82, 2.24) is 14.8 Å². The van der Waals surface area contributed by atoms with E-state index < -0.39 is 22.6 Å². The Bertz CT molecular complexity index is 1260. The summed E-state index contributed by atoms with van der Waals surface area (Å²) in [6.45, 7) is -0.438. The van der Waals surface area contributed by atoms with Gasteiger partial charge in [0.1, 0.15) is 12.2 Å². The van der Waals surface area contributed by atoms with Crippen LogP contribution in [0, 0.1) is 10.1 Å². The Kier molecular flexibility index (Phi) is 6.23. The van der Waals surface area contributed by atoms with Crippen molar-refractivity contribution in [3.05, 3.63) is 39.8 Å². The highest BCUT2D eigenvalue weighted by atomic mass is 32.2. The number of rotatable bonds is 8. The van der Waals surface area contributed by atoms with E-state index in [1.54, 1.807) is 0 Å². The minimum Gasteiger partial charge on any atom is -0.481 e. The molecule has 0 spiro atoms. The molecule has 3 aromatic rings. The lowest BCUT2D eigenvalue weighted by atomic mass is 10.2. The van der Waals surface area contributed by atoms with Gasteiger partial charge < -0.3 is 21.1 Å². The number of carbonyl (C=O) groups is 3. The van der Waals surface area contributed by atoms with Crippen LogP contribution < -0.4 is 21.1 Å². The number of nitro benzene ring substituents is 1. The molecule has 4 N–H and O–H groups in total. The molecule has 0 atom stereocenters. The average Bonchev–Trinajstić information content (AvgIpc) is 3.41. The number of nitrogens with one attached hydrogen (secondary N) is 2. The lowest BCUT2D eigenvalue weighted by Crippen LogP contribution is -2.26. The summed E-state index contributed by atoms with van der Waals surface area (Å²) in [5, 5.41) is 26.7. The maximum Gasteiger partial charge on any atom is 0.296 e. The highest BCUT2D eigenvalue weighted by molar-refractivity contribution is 7.99. The van der Waals surface area contributed by atoms with Crippen molar-refractivity contribution >= 4 is 57.9 Å². The number of thioether (sulfide) groups is 1. The first-order chi connectivity index (χ1) is 15.8. The summed E-state index contributed by atoms with van der Waals surface area (Å²) in [7, 11) is 0. The van der Waals surface area contributed by atoms with Gasteiger partial charge in [-0.05, 0) is 17.5 Å². The second-order valence-corrected chi connectivity index (χ2v) is 8.52. The smallest absolute Gasteiger partial charge is 0.296 e. The number of hydrogen-bond donors (Lipinski definition) is 3. The maximum absolute atomic E-state index is 12.5. The van der Waals surface area contributed by atoms with Crippen LogP contribution in [0.3, 0.4) is 0 Å². The monoisotopic (exact) mass is 489 g/mol. The minimum absolute atomic E-state index is 0.104. The molecule has 1 aliphatic heterocycles. The van der Waals surface area contributed by atoms with Crippen LogP contribution in [-0.2, 0) is 20.9 Å². The van der Waals surface area contributed by atoms with Gasteiger partial charge in [0.15, 0.2) is 23.3 Å². The molecule has 0 saturated heterocycles. The molecule has 15 heteroatoms. The summed E-state index contributed by atoms with van der Waals surface area (Å²) in [4.78, 5) is 47.1. The third-order valence-corrected chi connectivity index (χ3v) is 6.14. The second-order valence-electron chi connectivity index (χ2n) is 6.63. The Labute approximate surface area is 193 Å². The number of thiophene rings is 1. The highest BCUT2D eigenvalue weighted by Gasteiger charge is 2.25. The van der Waals surface area contributed by atoms with Gasteiger partial charge in [-0.2, -0.15) is 0 Å². The van der Waals surface area contributed by atoms with Crippen LogP contribution in [0.25, 0.3) is 10.7 Å². The molecule has 0 fully saturated rings. The molecule has 0 unspecified atom stereocenters. The van der Waals surface area contributed by atoms with Gasteiger partial charge in [0.05, 0.1) is 27.3 Å². The molecule has 3 amide bonds. The van der Waals surface area contributed by atoms with Gasteiger partial charge in [-0.1, -0.05) is 17.8 Å². The Hall–Kier alpha value is -3.98. The molecular formula is C18H15N7O6S2. The summed E-state index contributed by atoms with van der Waals surface area (Å²) >= 11 is 2.39. The van der Waals surface area contributed by atoms with Crippen molar-refractivity contribution in [3.8, 4) is 16.5 Å². The number of primary amides is 1. The van der Waals surface area contributed by atoms with Gasteiger partial charge in [0.2, 0.25) is 11.8 Å². The number of hydrogen-bond acceptors (Lipinski definition) is 10. The molecule has 3 heterocycles. The van der Waals surface area contributed by atoms with E-state index in [9.17, 15) is 24.5 Å². The summed E-state index contributed by atoms with van der Waals surface area (Å²) in [5.74, 6) is -1.20. The van der Waals surface area contributed by atoms with Crippen LogP contribution in [0.4, 0.5) is 17.1 Å². The predicted octanol–water partition coefficient (Wildman–Crippen LogP) is 1.46. The molecule has 4 rings (SSSR count). The number of aromatic nitrogens is 3. The van der Waals surface area contributed by atoms with Crippen molar-refractivity contribution in [2.75, 3.05) is 23.0 Å². The van der Waals surface area contributed by atoms with E-state index in [-0.39, 0.29) is 46.9 Å². The van der Waals surface area contributed by atoms with Crippen molar-refractivity contribution in [2.45, 2.75) is 11.7 Å². The van der Waals surface area contributed by atoms with Gasteiger partial charge in [0.25, 0.3) is 11.6 Å². The number of carbonyl (C=O) groups excluding carboxylic acids is 3. The largest absolute Gasteiger partial charge is 0.481 e. The topological polar surface area (TPSA) is 184 Å². The van der Waals surface area contributed by atoms with E-state index in [0.717, 1.165) is 22.7 Å². The molecule has 170 valence electrons. The molecule has 1 aliphatic rings. The van der Waals surface area contributed by atoms with Crippen LogP contribution in [0.1, 0.15) is 0 Å². The van der Waals surface area contributed by atoms with Gasteiger partial charge in [-0.15, -0.1) is 21.5 Å². The van der Waals surface area contributed by atoms with Crippen LogP contribution in [0.2, 0.25) is 0 Å². The zero-order valence-electron chi connectivity index (χ0n) is 16.6. The number of ether oxygens (including phenoxy) is 1. The first kappa shape index (κ1) is 22.2. The summed E-state index contributed by atoms with van der Waals surface area (Å²) in [5.41, 5.74) is 5.06. The number of amides is 3. The van der Waals surface area contributed by atoms with E-state index in [0.29, 0.717) is 5.82 Å². The Morgan fingerprint density at radius 1 is 1.39 bits per heavy atom. The molecule has 0 saturated carbocycles. The number of fused-ring (bicyclic) bond motifs is 1. The maximum atomic E-state index is 12.5. The van der Waals surface area contributed by atoms with Crippen molar-refractivity contribution in [1.29, 1.82) is 0 Å². The lowest BCUT2D eigenvalue weighted by molar-refractivity contribution is -0.384. The van der Waals surface area contributed by atoms with Crippen LogP contribution >= 0.6 is 23.1 Å². The van der Waals surface area contributed by atoms with Gasteiger partial charge in [0, 0.05) is 0 Å². The molecule has 0 radical (unpaired) electrons. The first-order valence-corrected chi connectivity index (χ1v) is 11.1. The van der Waals surface area contributed by atoms with Gasteiger partial charge >= 0.3 is 0 Å².